The van der Waals surface area contributed by atoms with E-state index in [0.717, 1.165) is 24.9 Å². The molecule has 156 valence electrons. The number of hydrogen-bond donors (Lipinski definition) is 4. The number of carbonyl (C=O) groups excluding carboxylic acids is 2. The van der Waals surface area contributed by atoms with E-state index in [2.05, 4.69) is 22.8 Å². The molecule has 1 fully saturated rings. The van der Waals surface area contributed by atoms with E-state index in [1.165, 1.54) is 11.1 Å². The summed E-state index contributed by atoms with van der Waals surface area (Å²) < 4.78 is 0. The zero-order chi connectivity index (χ0) is 21.1. The molecule has 1 heterocycles. The molecule has 4 rings (SSSR count). The van der Waals surface area contributed by atoms with Crippen LogP contribution in [0, 0.1) is 11.3 Å². The Morgan fingerprint density at radius 1 is 1.13 bits per heavy atom. The lowest BCUT2D eigenvalue weighted by Crippen LogP contribution is -2.47. The highest BCUT2D eigenvalue weighted by Gasteiger charge is 2.36. The third kappa shape index (κ3) is 4.62. The quantitative estimate of drug-likeness (QED) is 0.416. The average molecular weight is 406 g/mol. The summed E-state index contributed by atoms with van der Waals surface area (Å²) in [6.07, 6.45) is 2.80. The molecular formula is C23H27N5O2. The molecule has 2 aliphatic rings. The largest absolute Gasteiger partial charge is 0.384 e. The van der Waals surface area contributed by atoms with Gasteiger partial charge >= 0.3 is 0 Å². The highest BCUT2D eigenvalue weighted by Crippen LogP contribution is 2.34. The summed E-state index contributed by atoms with van der Waals surface area (Å²) in [5.41, 5.74) is 9.37. The van der Waals surface area contributed by atoms with Crippen molar-refractivity contribution in [3.05, 3.63) is 65.2 Å². The van der Waals surface area contributed by atoms with E-state index < -0.39 is 6.04 Å². The van der Waals surface area contributed by atoms with Crippen LogP contribution in [-0.4, -0.2) is 41.7 Å². The number of amides is 2. The lowest BCUT2D eigenvalue weighted by molar-refractivity contribution is -0.133. The van der Waals surface area contributed by atoms with Crippen LogP contribution in [0.15, 0.2) is 48.5 Å². The highest BCUT2D eigenvalue weighted by molar-refractivity contribution is 5.96. The van der Waals surface area contributed by atoms with Gasteiger partial charge in [0, 0.05) is 24.3 Å². The number of carbonyl (C=O) groups is 2. The van der Waals surface area contributed by atoms with Gasteiger partial charge in [-0.25, -0.2) is 0 Å². The number of nitrogens with two attached hydrogens (primary N) is 1. The monoisotopic (exact) mass is 405 g/mol. The van der Waals surface area contributed by atoms with Gasteiger partial charge in [0.15, 0.2) is 0 Å². The second-order valence-corrected chi connectivity index (χ2v) is 8.01. The Morgan fingerprint density at radius 3 is 2.63 bits per heavy atom. The summed E-state index contributed by atoms with van der Waals surface area (Å²) in [6, 6.07) is 14.9. The van der Waals surface area contributed by atoms with E-state index in [1.54, 1.807) is 23.1 Å². The molecule has 30 heavy (non-hydrogen) atoms. The fourth-order valence-corrected chi connectivity index (χ4v) is 3.88. The fraction of sp³-hybridized carbons (Fsp3) is 0.348. The van der Waals surface area contributed by atoms with Gasteiger partial charge in [-0.2, -0.15) is 0 Å². The topological polar surface area (TPSA) is 111 Å². The number of nitrogen functional groups attached to an aromatic ring is 1. The number of fused-ring (bicyclic) bond motifs is 1. The Kier molecular flexibility index (Phi) is 5.70. The first-order valence-electron chi connectivity index (χ1n) is 10.3. The first-order chi connectivity index (χ1) is 14.5. The molecule has 0 bridgehead atoms. The Morgan fingerprint density at radius 2 is 1.90 bits per heavy atom. The predicted octanol–water partition coefficient (Wildman–Crippen LogP) is 1.86. The minimum atomic E-state index is -0.401. The van der Waals surface area contributed by atoms with E-state index in [0.29, 0.717) is 18.7 Å². The second-order valence-electron chi connectivity index (χ2n) is 8.01. The highest BCUT2D eigenvalue weighted by atomic mass is 16.2. The van der Waals surface area contributed by atoms with Crippen molar-refractivity contribution in [3.63, 3.8) is 0 Å². The zero-order valence-corrected chi connectivity index (χ0v) is 16.9. The normalized spacial score (nSPS) is 16.3. The van der Waals surface area contributed by atoms with Crippen molar-refractivity contribution in [1.82, 2.24) is 10.2 Å². The van der Waals surface area contributed by atoms with Gasteiger partial charge in [0.25, 0.3) is 0 Å². The van der Waals surface area contributed by atoms with Gasteiger partial charge in [-0.1, -0.05) is 36.4 Å². The number of nitrogens with zero attached hydrogens (tertiary/aromatic N) is 1. The molecule has 0 spiro atoms. The number of amidine groups is 1. The van der Waals surface area contributed by atoms with Crippen molar-refractivity contribution < 1.29 is 9.59 Å². The molecule has 1 aliphatic heterocycles. The van der Waals surface area contributed by atoms with Crippen molar-refractivity contribution in [2.45, 2.75) is 31.8 Å². The molecule has 1 unspecified atom stereocenters. The predicted molar refractivity (Wildman–Crippen MR) is 116 cm³/mol. The van der Waals surface area contributed by atoms with Crippen LogP contribution in [0.3, 0.4) is 0 Å². The van der Waals surface area contributed by atoms with Gasteiger partial charge in [0.1, 0.15) is 11.9 Å². The van der Waals surface area contributed by atoms with E-state index in [1.807, 2.05) is 18.2 Å². The van der Waals surface area contributed by atoms with Crippen LogP contribution in [0.1, 0.15) is 29.5 Å². The van der Waals surface area contributed by atoms with Gasteiger partial charge in [0.2, 0.25) is 11.8 Å². The van der Waals surface area contributed by atoms with Gasteiger partial charge in [-0.15, -0.1) is 0 Å². The average Bonchev–Trinajstić information content (AvgIpc) is 3.60. The minimum Gasteiger partial charge on any atom is -0.384 e. The van der Waals surface area contributed by atoms with Gasteiger partial charge < -0.3 is 21.3 Å². The Balaban J connectivity index is 1.34. The minimum absolute atomic E-state index is 0.000609. The number of anilines is 1. The van der Waals surface area contributed by atoms with Crippen LogP contribution in [0.2, 0.25) is 0 Å². The van der Waals surface area contributed by atoms with Crippen LogP contribution in [0.5, 0.6) is 0 Å². The SMILES string of the molecule is N=C(N)c1cccc(NC(C(=O)NCC(=O)N2CCc3ccccc3C2)C2CC2)c1. The standard InChI is InChI=1S/C23H27N5O2/c24-22(25)17-6-3-7-19(12-17)27-21(16-8-9-16)23(30)26-13-20(29)28-11-10-15-4-1-2-5-18(15)14-28/h1-7,12,16,21,27H,8-11,13-14H2,(H3,24,25)(H,26,30). The molecule has 0 radical (unpaired) electrons. The number of rotatable bonds is 7. The van der Waals surface area contributed by atoms with Crippen LogP contribution in [0.25, 0.3) is 0 Å². The summed E-state index contributed by atoms with van der Waals surface area (Å²) >= 11 is 0. The van der Waals surface area contributed by atoms with Crippen molar-refractivity contribution >= 4 is 23.3 Å². The lowest BCUT2D eigenvalue weighted by Gasteiger charge is -2.29. The maximum Gasteiger partial charge on any atom is 0.243 e. The maximum absolute atomic E-state index is 12.8. The van der Waals surface area contributed by atoms with E-state index in [-0.39, 0.29) is 30.1 Å². The Bertz CT molecular complexity index is 970. The van der Waals surface area contributed by atoms with E-state index in [9.17, 15) is 9.59 Å². The first-order valence-corrected chi connectivity index (χ1v) is 10.3. The van der Waals surface area contributed by atoms with Crippen molar-refractivity contribution in [3.8, 4) is 0 Å². The fourth-order valence-electron chi connectivity index (χ4n) is 3.88. The molecule has 1 atom stereocenters. The van der Waals surface area contributed by atoms with E-state index in [4.69, 9.17) is 11.1 Å². The van der Waals surface area contributed by atoms with Crippen LogP contribution in [0.4, 0.5) is 5.69 Å². The summed E-state index contributed by atoms with van der Waals surface area (Å²) in [5, 5.41) is 13.7. The summed E-state index contributed by atoms with van der Waals surface area (Å²) in [5.74, 6) is 0.00481. The molecular weight excluding hydrogens is 378 g/mol. The summed E-state index contributed by atoms with van der Waals surface area (Å²) in [6.45, 7) is 1.26. The third-order valence-corrected chi connectivity index (χ3v) is 5.77. The molecule has 0 aromatic heterocycles. The molecule has 7 nitrogen and oxygen atoms in total. The molecule has 5 N–H and O–H groups in total. The molecule has 1 saturated carbocycles. The molecule has 2 aromatic carbocycles. The van der Waals surface area contributed by atoms with Crippen molar-refractivity contribution in [1.29, 1.82) is 5.41 Å². The summed E-state index contributed by atoms with van der Waals surface area (Å²) in [4.78, 5) is 27.3. The number of nitrogens with one attached hydrogen (secondary N) is 3. The number of hydrogen-bond acceptors (Lipinski definition) is 4. The van der Waals surface area contributed by atoms with Gasteiger partial charge in [0.05, 0.1) is 6.54 Å². The van der Waals surface area contributed by atoms with Crippen LogP contribution >= 0.6 is 0 Å². The van der Waals surface area contributed by atoms with Crippen molar-refractivity contribution in [2.24, 2.45) is 11.7 Å². The van der Waals surface area contributed by atoms with Gasteiger partial charge in [-0.3, -0.25) is 15.0 Å². The lowest BCUT2D eigenvalue weighted by atomic mass is 10.00. The number of benzene rings is 2. The summed E-state index contributed by atoms with van der Waals surface area (Å²) in [7, 11) is 0. The Hall–Kier alpha value is -3.35. The molecule has 2 amide bonds. The van der Waals surface area contributed by atoms with Crippen LogP contribution < -0.4 is 16.4 Å². The molecule has 7 heteroatoms. The molecule has 1 aliphatic carbocycles. The molecule has 2 aromatic rings. The van der Waals surface area contributed by atoms with Gasteiger partial charge in [-0.05, 0) is 48.4 Å². The van der Waals surface area contributed by atoms with Crippen molar-refractivity contribution in [2.75, 3.05) is 18.4 Å². The smallest absolute Gasteiger partial charge is 0.243 e. The van der Waals surface area contributed by atoms with Crippen LogP contribution in [-0.2, 0) is 22.6 Å². The molecule has 0 saturated heterocycles. The zero-order valence-electron chi connectivity index (χ0n) is 16.9. The second kappa shape index (κ2) is 8.57. The maximum atomic E-state index is 12.8. The first kappa shape index (κ1) is 19.9. The Labute approximate surface area is 176 Å². The van der Waals surface area contributed by atoms with E-state index >= 15 is 0 Å². The third-order valence-electron chi connectivity index (χ3n) is 5.77.